The molecule has 4 aliphatic rings. The van der Waals surface area contributed by atoms with Crippen LogP contribution in [0.3, 0.4) is 0 Å². The first-order chi connectivity index (χ1) is 26.2. The van der Waals surface area contributed by atoms with E-state index in [4.69, 9.17) is 27.9 Å². The lowest BCUT2D eigenvalue weighted by Crippen LogP contribution is -2.53. The van der Waals surface area contributed by atoms with E-state index in [1.807, 2.05) is 6.08 Å². The number of nitrogens with zero attached hydrogens (tertiary/aromatic N) is 3. The van der Waals surface area contributed by atoms with Gasteiger partial charge in [0.1, 0.15) is 0 Å². The van der Waals surface area contributed by atoms with Crippen LogP contribution in [0, 0.1) is 23.7 Å². The van der Waals surface area contributed by atoms with Crippen LogP contribution in [0.15, 0.2) is 95.1 Å². The summed E-state index contributed by atoms with van der Waals surface area (Å²) in [6.45, 7) is 0. The fourth-order valence-corrected chi connectivity index (χ4v) is 9.72. The lowest BCUT2D eigenvalue weighted by molar-refractivity contribution is -0.139. The van der Waals surface area contributed by atoms with Crippen LogP contribution in [0.5, 0.6) is 11.5 Å². The van der Waals surface area contributed by atoms with Gasteiger partial charge in [-0.2, -0.15) is 18.2 Å². The van der Waals surface area contributed by atoms with Gasteiger partial charge in [0.2, 0.25) is 11.8 Å². The summed E-state index contributed by atoms with van der Waals surface area (Å²) in [5, 5.41) is 12.4. The number of benzene rings is 3. The predicted molar refractivity (Wildman–Crippen MR) is 198 cm³/mol. The number of fused-ring (bicyclic) bond motifs is 4. The molecule has 4 aromatic rings. The number of allylic oxidation sites excluding steroid dienone is 2. The highest BCUT2D eigenvalue weighted by Gasteiger charge is 2.71. The molecule has 2 saturated heterocycles. The van der Waals surface area contributed by atoms with Gasteiger partial charge in [0.05, 0.1) is 46.6 Å². The fourth-order valence-electron chi connectivity index (χ4n) is 8.93. The quantitative estimate of drug-likeness (QED) is 0.147. The van der Waals surface area contributed by atoms with Crippen LogP contribution in [-0.2, 0) is 30.8 Å². The normalized spacial score (nSPS) is 26.1. The number of alkyl halides is 3. The molecule has 0 bridgehead atoms. The van der Waals surface area contributed by atoms with Crippen LogP contribution >= 0.6 is 39.1 Å². The van der Waals surface area contributed by atoms with Crippen LogP contribution in [0.4, 0.5) is 24.7 Å². The van der Waals surface area contributed by atoms with Crippen molar-refractivity contribution in [3.05, 3.63) is 122 Å². The largest absolute Gasteiger partial charge is 0.504 e. The minimum Gasteiger partial charge on any atom is -0.504 e. The number of carbonyl (C=O) groups excluding carboxylic acids is 4. The third kappa shape index (κ3) is 5.62. The van der Waals surface area contributed by atoms with Gasteiger partial charge in [-0.3, -0.25) is 29.5 Å². The Morgan fingerprint density at radius 2 is 1.67 bits per heavy atom. The highest BCUT2D eigenvalue weighted by Crippen LogP contribution is 2.65. The molecule has 2 aliphatic heterocycles. The van der Waals surface area contributed by atoms with E-state index in [2.05, 4.69) is 26.3 Å². The monoisotopic (exact) mass is 854 g/mol. The summed E-state index contributed by atoms with van der Waals surface area (Å²) in [5.74, 6) is -8.02. The number of aromatic hydroxyl groups is 1. The predicted octanol–water partition coefficient (Wildman–Crippen LogP) is 8.07. The molecule has 4 amide bonds. The molecule has 55 heavy (non-hydrogen) atoms. The molecule has 2 N–H and O–H groups in total. The second-order valence-electron chi connectivity index (χ2n) is 13.8. The number of ether oxygens (including phenoxy) is 1. The summed E-state index contributed by atoms with van der Waals surface area (Å²) >= 11 is 16.1. The summed E-state index contributed by atoms with van der Waals surface area (Å²) in [5.41, 5.74) is 1.07. The molecular weight excluding hydrogens is 828 g/mol. The standard InChI is InChI=1S/C39H28BrCl2F3N4O6/c1-55-29-15-20(40)14-26(32(29)50)31-23-11-12-24-30(36(53)48(34(24)51)22-5-3-2-4-6-22)25(23)16-27-35(52)49(37(54)38(27,31)18-7-9-21(41)10-8-18)47-33-28(42)13-19(17-46-33)39(43,44)45/h2-11,13-15,17,24-25,27,30-31,50H,12,16H2,1H3,(H,46,47). The number of phenols is 1. The molecule has 0 spiro atoms. The third-order valence-corrected chi connectivity index (χ3v) is 12.2. The van der Waals surface area contributed by atoms with E-state index in [9.17, 15) is 32.7 Å². The van der Waals surface area contributed by atoms with E-state index in [1.165, 1.54) is 13.2 Å². The number of nitrogens with one attached hydrogen (secondary N) is 1. The Hall–Kier alpha value is -4.92. The maximum absolute atomic E-state index is 15.4. The molecule has 2 aliphatic carbocycles. The molecule has 0 radical (unpaired) electrons. The van der Waals surface area contributed by atoms with Crippen molar-refractivity contribution in [2.24, 2.45) is 23.7 Å². The Bertz CT molecular complexity index is 2330. The Balaban J connectivity index is 1.35. The number of hydrogen-bond donors (Lipinski definition) is 2. The van der Waals surface area contributed by atoms with E-state index >= 15 is 4.79 Å². The molecular formula is C39H28BrCl2F3N4O6. The van der Waals surface area contributed by atoms with E-state index in [0.29, 0.717) is 43.6 Å². The first-order valence-electron chi connectivity index (χ1n) is 17.0. The number of rotatable bonds is 6. The van der Waals surface area contributed by atoms with Crippen LogP contribution in [-0.4, -0.2) is 45.8 Å². The van der Waals surface area contributed by atoms with E-state index in [1.54, 1.807) is 60.7 Å². The van der Waals surface area contributed by atoms with Gasteiger partial charge in [0, 0.05) is 27.2 Å². The number of anilines is 2. The van der Waals surface area contributed by atoms with Crippen LogP contribution in [0.25, 0.3) is 0 Å². The summed E-state index contributed by atoms with van der Waals surface area (Å²) in [6, 6.07) is 18.6. The van der Waals surface area contributed by atoms with Gasteiger partial charge < -0.3 is 9.84 Å². The van der Waals surface area contributed by atoms with Gasteiger partial charge in [-0.25, -0.2) is 4.98 Å². The Morgan fingerprint density at radius 3 is 2.33 bits per heavy atom. The molecule has 282 valence electrons. The third-order valence-electron chi connectivity index (χ3n) is 11.2. The van der Waals surface area contributed by atoms with Gasteiger partial charge in [-0.15, -0.1) is 0 Å². The second kappa shape index (κ2) is 13.4. The average molecular weight is 856 g/mol. The number of hydrazine groups is 1. The Morgan fingerprint density at radius 1 is 0.964 bits per heavy atom. The van der Waals surface area contributed by atoms with Gasteiger partial charge >= 0.3 is 6.18 Å². The minimum atomic E-state index is -4.76. The summed E-state index contributed by atoms with van der Waals surface area (Å²) in [7, 11) is 1.36. The minimum absolute atomic E-state index is 0.0541. The average Bonchev–Trinajstić information content (AvgIpc) is 3.54. The lowest BCUT2D eigenvalue weighted by Gasteiger charge is -2.50. The van der Waals surface area contributed by atoms with Crippen LogP contribution in [0.1, 0.15) is 35.4 Å². The number of methoxy groups -OCH3 is 1. The molecule has 16 heteroatoms. The lowest BCUT2D eigenvalue weighted by atomic mass is 9.49. The maximum Gasteiger partial charge on any atom is 0.417 e. The zero-order chi connectivity index (χ0) is 39.1. The molecule has 3 aromatic carbocycles. The molecule has 6 unspecified atom stereocenters. The van der Waals surface area contributed by atoms with Gasteiger partial charge in [0.15, 0.2) is 17.3 Å². The molecule has 6 atom stereocenters. The smallest absolute Gasteiger partial charge is 0.417 e. The highest BCUT2D eigenvalue weighted by atomic mass is 79.9. The molecule has 3 fully saturated rings. The van der Waals surface area contributed by atoms with E-state index < -0.39 is 81.2 Å². The van der Waals surface area contributed by atoms with Crippen molar-refractivity contribution in [3.63, 3.8) is 0 Å². The van der Waals surface area contributed by atoms with Crippen molar-refractivity contribution in [2.75, 3.05) is 17.4 Å². The first-order valence-corrected chi connectivity index (χ1v) is 18.6. The summed E-state index contributed by atoms with van der Waals surface area (Å²) in [4.78, 5) is 63.6. The number of hydrogen-bond acceptors (Lipinski definition) is 8. The van der Waals surface area contributed by atoms with Crippen LogP contribution < -0.4 is 15.1 Å². The van der Waals surface area contributed by atoms with Crippen molar-refractivity contribution < 1.29 is 42.2 Å². The van der Waals surface area contributed by atoms with Gasteiger partial charge in [-0.1, -0.05) is 81.1 Å². The van der Waals surface area contributed by atoms with Crippen molar-refractivity contribution in [2.45, 2.75) is 30.4 Å². The summed E-state index contributed by atoms with van der Waals surface area (Å²) < 4.78 is 46.5. The number of phenolic OH excluding ortho intramolecular Hbond substituents is 1. The second-order valence-corrected chi connectivity index (χ2v) is 15.6. The fraction of sp³-hybridized carbons (Fsp3) is 0.256. The zero-order valence-corrected chi connectivity index (χ0v) is 31.6. The number of aromatic nitrogens is 1. The SMILES string of the molecule is COc1cc(Br)cc(C2C3=CCC4C(=O)N(c5ccccc5)C(=O)C4C3CC3C(=O)N(Nc4ncc(C(F)(F)F)cc4Cl)C(=O)C32c2ccc(Cl)cc2)c1O. The molecule has 8 rings (SSSR count). The molecule has 3 heterocycles. The maximum atomic E-state index is 15.4. The number of carbonyl (C=O) groups is 4. The molecule has 10 nitrogen and oxygen atoms in total. The van der Waals surface area contributed by atoms with Gasteiger partial charge in [0.25, 0.3) is 11.8 Å². The number of imide groups is 2. The van der Waals surface area contributed by atoms with Crippen molar-refractivity contribution in [1.29, 1.82) is 0 Å². The highest BCUT2D eigenvalue weighted by molar-refractivity contribution is 9.10. The van der Waals surface area contributed by atoms with Crippen molar-refractivity contribution in [3.8, 4) is 11.5 Å². The van der Waals surface area contributed by atoms with Crippen LogP contribution in [0.2, 0.25) is 10.0 Å². The summed E-state index contributed by atoms with van der Waals surface area (Å²) in [6.07, 6.45) is -2.38. The van der Waals surface area contributed by atoms with E-state index in [0.717, 1.165) is 4.90 Å². The number of halogens is 6. The first kappa shape index (κ1) is 37.0. The molecule has 1 saturated carbocycles. The number of pyridine rings is 1. The number of amides is 4. The van der Waals surface area contributed by atoms with E-state index in [-0.39, 0.29) is 29.9 Å². The van der Waals surface area contributed by atoms with Crippen molar-refractivity contribution in [1.82, 2.24) is 9.99 Å². The van der Waals surface area contributed by atoms with Gasteiger partial charge in [-0.05, 0) is 66.8 Å². The number of para-hydroxylation sites is 1. The molecule has 1 aromatic heterocycles. The van der Waals surface area contributed by atoms with Crippen molar-refractivity contribution >= 4 is 74.3 Å². The zero-order valence-electron chi connectivity index (χ0n) is 28.5. The Kier molecular flexibility index (Phi) is 9.01. The Labute approximate surface area is 330 Å². The topological polar surface area (TPSA) is 129 Å².